The molecule has 0 aromatic heterocycles. The quantitative estimate of drug-likeness (QED) is 0.839. The van der Waals surface area contributed by atoms with Crippen LogP contribution in [0.25, 0.3) is 6.08 Å². The Kier molecular flexibility index (Phi) is 3.25. The summed E-state index contributed by atoms with van der Waals surface area (Å²) in [6, 6.07) is 7.22. The molecule has 2 nitrogen and oxygen atoms in total. The van der Waals surface area contributed by atoms with E-state index in [-0.39, 0.29) is 0 Å². The van der Waals surface area contributed by atoms with Gasteiger partial charge in [0.2, 0.25) is 0 Å². The van der Waals surface area contributed by atoms with E-state index in [0.29, 0.717) is 6.04 Å². The molecule has 1 N–H and O–H groups in total. The number of fused-ring (bicyclic) bond motifs is 1. The molecular formula is C15H19NO. The number of nitrogens with one attached hydrogen (secondary N) is 1. The van der Waals surface area contributed by atoms with E-state index in [9.17, 15) is 0 Å². The monoisotopic (exact) mass is 229 g/mol. The fourth-order valence-corrected chi connectivity index (χ4v) is 2.63. The fraction of sp³-hybridized carbons (Fsp3) is 0.467. The Bertz CT molecular complexity index is 419. The molecule has 3 rings (SSSR count). The lowest BCUT2D eigenvalue weighted by atomic mass is 10.1. The number of aryl methyl sites for hydroxylation is 2. The van der Waals surface area contributed by atoms with Gasteiger partial charge in [0.25, 0.3) is 0 Å². The summed E-state index contributed by atoms with van der Waals surface area (Å²) in [7, 11) is 0. The molecule has 17 heavy (non-hydrogen) atoms. The molecule has 1 aromatic carbocycles. The van der Waals surface area contributed by atoms with E-state index in [1.807, 2.05) is 0 Å². The van der Waals surface area contributed by atoms with E-state index in [2.05, 4.69) is 35.7 Å². The van der Waals surface area contributed by atoms with E-state index in [1.54, 1.807) is 11.1 Å². The van der Waals surface area contributed by atoms with Gasteiger partial charge in [-0.15, -0.1) is 0 Å². The molecule has 0 bridgehead atoms. The van der Waals surface area contributed by atoms with Gasteiger partial charge in [0.15, 0.2) is 0 Å². The summed E-state index contributed by atoms with van der Waals surface area (Å²) in [6.07, 6.45) is 8.26. The highest BCUT2D eigenvalue weighted by atomic mass is 16.5. The maximum absolute atomic E-state index is 5.43. The Hall–Kier alpha value is -1.12. The molecule has 0 saturated carbocycles. The first-order chi connectivity index (χ1) is 8.42. The average Bonchev–Trinajstić information content (AvgIpc) is 2.85. The Balaban J connectivity index is 1.69. The van der Waals surface area contributed by atoms with E-state index in [1.165, 1.54) is 24.8 Å². The van der Waals surface area contributed by atoms with Gasteiger partial charge in [-0.3, -0.25) is 0 Å². The molecule has 0 amide bonds. The van der Waals surface area contributed by atoms with Gasteiger partial charge in [-0.2, -0.15) is 0 Å². The van der Waals surface area contributed by atoms with Crippen LogP contribution in [0.4, 0.5) is 0 Å². The van der Waals surface area contributed by atoms with Crippen LogP contribution in [0.1, 0.15) is 23.1 Å². The maximum Gasteiger partial charge on any atom is 0.0656 e. The first-order valence-electron chi connectivity index (χ1n) is 6.53. The Morgan fingerprint density at radius 3 is 3.06 bits per heavy atom. The van der Waals surface area contributed by atoms with Crippen molar-refractivity contribution >= 4 is 6.08 Å². The number of hydrogen-bond acceptors (Lipinski definition) is 2. The van der Waals surface area contributed by atoms with Crippen molar-refractivity contribution in [1.82, 2.24) is 5.32 Å². The van der Waals surface area contributed by atoms with Crippen LogP contribution in [0, 0.1) is 0 Å². The average molecular weight is 229 g/mol. The van der Waals surface area contributed by atoms with Crippen molar-refractivity contribution in [3.05, 3.63) is 41.0 Å². The molecule has 0 radical (unpaired) electrons. The second kappa shape index (κ2) is 5.03. The lowest BCUT2D eigenvalue weighted by Gasteiger charge is -2.20. The standard InChI is InChI=1S/C15H19NO/c1-2-13-6-4-12(10-14(13)3-1)5-7-15-11-17-9-8-16-15/h4-7,10,15-16H,1-3,8-9,11H2/b7-5+. The largest absolute Gasteiger partial charge is 0.378 e. The molecule has 1 aromatic rings. The van der Waals surface area contributed by atoms with E-state index in [4.69, 9.17) is 4.74 Å². The van der Waals surface area contributed by atoms with Crippen molar-refractivity contribution in [1.29, 1.82) is 0 Å². The molecule has 0 spiro atoms. The van der Waals surface area contributed by atoms with E-state index in [0.717, 1.165) is 19.8 Å². The van der Waals surface area contributed by atoms with Gasteiger partial charge in [-0.1, -0.05) is 30.4 Å². The topological polar surface area (TPSA) is 21.3 Å². The van der Waals surface area contributed by atoms with Crippen molar-refractivity contribution in [2.45, 2.75) is 25.3 Å². The first-order valence-corrected chi connectivity index (χ1v) is 6.53. The van der Waals surface area contributed by atoms with E-state index < -0.39 is 0 Å². The molecule has 1 atom stereocenters. The molecule has 2 aliphatic rings. The summed E-state index contributed by atoms with van der Waals surface area (Å²) in [5, 5.41) is 3.43. The summed E-state index contributed by atoms with van der Waals surface area (Å²) in [4.78, 5) is 0. The minimum atomic E-state index is 0.372. The fourth-order valence-electron chi connectivity index (χ4n) is 2.63. The zero-order valence-corrected chi connectivity index (χ0v) is 10.1. The van der Waals surface area contributed by atoms with Crippen molar-refractivity contribution < 1.29 is 4.74 Å². The Morgan fingerprint density at radius 2 is 2.18 bits per heavy atom. The van der Waals surface area contributed by atoms with Crippen molar-refractivity contribution in [2.75, 3.05) is 19.8 Å². The number of morpholine rings is 1. The Labute approximate surface area is 103 Å². The predicted octanol–water partition coefficient (Wildman–Crippen LogP) is 2.18. The first kappa shape index (κ1) is 11.0. The van der Waals surface area contributed by atoms with Gasteiger partial charge >= 0.3 is 0 Å². The van der Waals surface area contributed by atoms with Crippen LogP contribution < -0.4 is 5.32 Å². The van der Waals surface area contributed by atoms with Crippen LogP contribution in [-0.4, -0.2) is 25.8 Å². The van der Waals surface area contributed by atoms with Crippen molar-refractivity contribution in [2.24, 2.45) is 0 Å². The molecule has 1 unspecified atom stereocenters. The van der Waals surface area contributed by atoms with Crippen LogP contribution in [0.5, 0.6) is 0 Å². The Morgan fingerprint density at radius 1 is 1.24 bits per heavy atom. The molecule has 1 aliphatic carbocycles. The van der Waals surface area contributed by atoms with Crippen LogP contribution in [-0.2, 0) is 17.6 Å². The summed E-state index contributed by atoms with van der Waals surface area (Å²) in [5.41, 5.74) is 4.40. The SMILES string of the molecule is C(=C\C1COCCN1)/c1ccc2c(c1)CCC2. The molecular weight excluding hydrogens is 210 g/mol. The normalized spacial score (nSPS) is 24.1. The predicted molar refractivity (Wildman–Crippen MR) is 70.1 cm³/mol. The molecule has 1 aliphatic heterocycles. The second-order valence-corrected chi connectivity index (χ2v) is 4.88. The van der Waals surface area contributed by atoms with Crippen LogP contribution >= 0.6 is 0 Å². The molecule has 1 heterocycles. The number of hydrogen-bond donors (Lipinski definition) is 1. The maximum atomic E-state index is 5.43. The summed E-state index contributed by atoms with van der Waals surface area (Å²) in [6.45, 7) is 2.59. The van der Waals surface area contributed by atoms with E-state index >= 15 is 0 Å². The zero-order valence-electron chi connectivity index (χ0n) is 10.1. The molecule has 90 valence electrons. The zero-order chi connectivity index (χ0) is 11.5. The van der Waals surface area contributed by atoms with Crippen molar-refractivity contribution in [3.63, 3.8) is 0 Å². The van der Waals surface area contributed by atoms with Gasteiger partial charge < -0.3 is 10.1 Å². The molecule has 2 heteroatoms. The van der Waals surface area contributed by atoms with Crippen LogP contribution in [0.3, 0.4) is 0 Å². The number of benzene rings is 1. The highest BCUT2D eigenvalue weighted by molar-refractivity contribution is 5.53. The highest BCUT2D eigenvalue weighted by Crippen LogP contribution is 2.23. The second-order valence-electron chi connectivity index (χ2n) is 4.88. The minimum absolute atomic E-state index is 0.372. The van der Waals surface area contributed by atoms with Crippen molar-refractivity contribution in [3.8, 4) is 0 Å². The van der Waals surface area contributed by atoms with Gasteiger partial charge in [0.05, 0.1) is 13.2 Å². The summed E-state index contributed by atoms with van der Waals surface area (Å²) >= 11 is 0. The summed E-state index contributed by atoms with van der Waals surface area (Å²) < 4.78 is 5.43. The lowest BCUT2D eigenvalue weighted by Crippen LogP contribution is -2.39. The van der Waals surface area contributed by atoms with Crippen LogP contribution in [0.2, 0.25) is 0 Å². The minimum Gasteiger partial charge on any atom is -0.378 e. The third kappa shape index (κ3) is 2.59. The van der Waals surface area contributed by atoms with Gasteiger partial charge in [0.1, 0.15) is 0 Å². The molecule has 1 saturated heterocycles. The smallest absolute Gasteiger partial charge is 0.0656 e. The molecule has 1 fully saturated rings. The third-order valence-corrected chi connectivity index (χ3v) is 3.59. The summed E-state index contributed by atoms with van der Waals surface area (Å²) in [5.74, 6) is 0. The number of rotatable bonds is 2. The third-order valence-electron chi connectivity index (χ3n) is 3.59. The van der Waals surface area contributed by atoms with Gasteiger partial charge in [-0.25, -0.2) is 0 Å². The highest BCUT2D eigenvalue weighted by Gasteiger charge is 2.11. The van der Waals surface area contributed by atoms with Gasteiger partial charge in [0, 0.05) is 12.6 Å². The van der Waals surface area contributed by atoms with Gasteiger partial charge in [-0.05, 0) is 36.0 Å². The lowest BCUT2D eigenvalue weighted by molar-refractivity contribution is 0.0903. The number of ether oxygens (including phenoxy) is 1. The van der Waals surface area contributed by atoms with Crippen LogP contribution in [0.15, 0.2) is 24.3 Å².